The number of carbonyl (C=O) groups is 1. The largest absolute Gasteiger partial charge is 0.588 e. The van der Waals surface area contributed by atoms with Crippen molar-refractivity contribution >= 4 is 34.3 Å². The van der Waals surface area contributed by atoms with Gasteiger partial charge in [-0.2, -0.15) is 5.26 Å². The first-order valence-corrected chi connectivity index (χ1v) is 11.7. The summed E-state index contributed by atoms with van der Waals surface area (Å²) in [6.07, 6.45) is 3.05. The number of rotatable bonds is 5. The Bertz CT molecular complexity index is 1320. The Morgan fingerprint density at radius 2 is 1.85 bits per heavy atom. The van der Waals surface area contributed by atoms with Gasteiger partial charge in [0.25, 0.3) is 5.91 Å². The fraction of sp³-hybridized carbons (Fsp3) is 0.192. The van der Waals surface area contributed by atoms with Crippen LogP contribution < -0.4 is 14.4 Å². The Kier molecular flexibility index (Phi) is 6.09. The quantitative estimate of drug-likeness (QED) is 0.523. The van der Waals surface area contributed by atoms with Crippen molar-refractivity contribution in [3.63, 3.8) is 0 Å². The number of ether oxygens (including phenoxy) is 1. The number of nitriles is 1. The van der Waals surface area contributed by atoms with Crippen LogP contribution in [0.3, 0.4) is 0 Å². The molecule has 1 unspecified atom stereocenters. The Morgan fingerprint density at radius 1 is 1.15 bits per heavy atom. The highest BCUT2D eigenvalue weighted by Crippen LogP contribution is 2.42. The fourth-order valence-corrected chi connectivity index (χ4v) is 4.67. The van der Waals surface area contributed by atoms with Crippen molar-refractivity contribution in [2.75, 3.05) is 16.7 Å². The number of fused-ring (bicyclic) bond motifs is 1. The minimum atomic E-state index is -1.59. The van der Waals surface area contributed by atoms with Crippen LogP contribution >= 0.6 is 0 Å². The summed E-state index contributed by atoms with van der Waals surface area (Å²) >= 11 is -1.59. The number of nitrogens with zero attached hydrogens (tertiary/aromatic N) is 3. The van der Waals surface area contributed by atoms with Crippen molar-refractivity contribution in [1.29, 1.82) is 5.26 Å². The number of hydrogen-bond donors (Lipinski definition) is 1. The summed E-state index contributed by atoms with van der Waals surface area (Å²) in [6.45, 7) is 10.4. The second-order valence-corrected chi connectivity index (χ2v) is 10.1. The van der Waals surface area contributed by atoms with Crippen LogP contribution in [-0.2, 0) is 16.8 Å². The molecule has 2 aromatic carbocycles. The molecular formula is C26H24N4O3S. The van der Waals surface area contributed by atoms with E-state index in [9.17, 15) is 14.6 Å². The normalized spacial score (nSPS) is 13.9. The first-order valence-electron chi connectivity index (χ1n) is 10.5. The zero-order chi connectivity index (χ0) is 24.6. The van der Waals surface area contributed by atoms with E-state index in [-0.39, 0.29) is 16.5 Å². The second-order valence-electron chi connectivity index (χ2n) is 8.84. The van der Waals surface area contributed by atoms with E-state index >= 15 is 0 Å². The van der Waals surface area contributed by atoms with Crippen LogP contribution in [0.25, 0.3) is 5.70 Å². The number of anilines is 2. The lowest BCUT2D eigenvalue weighted by molar-refractivity contribution is 0.101. The zero-order valence-corrected chi connectivity index (χ0v) is 20.2. The predicted octanol–water partition coefficient (Wildman–Crippen LogP) is 5.03. The van der Waals surface area contributed by atoms with Gasteiger partial charge in [-0.05, 0) is 35.2 Å². The van der Waals surface area contributed by atoms with E-state index in [1.165, 1.54) is 24.4 Å². The third-order valence-electron chi connectivity index (χ3n) is 5.63. The van der Waals surface area contributed by atoms with Gasteiger partial charge in [0, 0.05) is 11.6 Å². The van der Waals surface area contributed by atoms with Gasteiger partial charge < -0.3 is 9.29 Å². The molecule has 7 nitrogen and oxygen atoms in total. The smallest absolute Gasteiger partial charge is 0.265 e. The zero-order valence-electron chi connectivity index (χ0n) is 19.4. The number of amides is 1. The summed E-state index contributed by atoms with van der Waals surface area (Å²) in [5.41, 5.74) is 3.24. The lowest BCUT2D eigenvalue weighted by Gasteiger charge is -2.20. The lowest BCUT2D eigenvalue weighted by Crippen LogP contribution is -2.22. The molecule has 0 fully saturated rings. The van der Waals surface area contributed by atoms with Crippen molar-refractivity contribution in [2.24, 2.45) is 0 Å². The van der Waals surface area contributed by atoms with Crippen molar-refractivity contribution in [2.45, 2.75) is 31.1 Å². The van der Waals surface area contributed by atoms with Gasteiger partial charge in [-0.1, -0.05) is 39.5 Å². The number of benzene rings is 2. The number of methoxy groups -OCH3 is 1. The predicted molar refractivity (Wildman–Crippen MR) is 133 cm³/mol. The van der Waals surface area contributed by atoms with Gasteiger partial charge in [0.1, 0.15) is 17.1 Å². The number of carbonyl (C=O) groups excluding carboxylic acids is 1. The third-order valence-corrected chi connectivity index (χ3v) is 6.74. The number of pyridine rings is 1. The van der Waals surface area contributed by atoms with E-state index in [1.807, 2.05) is 24.3 Å². The van der Waals surface area contributed by atoms with E-state index in [2.05, 4.69) is 43.1 Å². The SMILES string of the molecule is C=C1c2c(N[S+]([O-])c3ccc(C(C)(C)C)cc3)ccc(C#N)c2C(=O)N1c1cncc(OC)c1. The van der Waals surface area contributed by atoms with Gasteiger partial charge in [0.2, 0.25) is 0 Å². The van der Waals surface area contributed by atoms with Crippen molar-refractivity contribution in [1.82, 2.24) is 4.98 Å². The van der Waals surface area contributed by atoms with Gasteiger partial charge in [0.05, 0.1) is 53.8 Å². The molecule has 1 aromatic heterocycles. The standard InChI is InChI=1S/C26H24N4O3S/c1-16-23-22(29-34(32)21-9-7-18(8-10-21)26(2,3)4)11-6-17(13-27)24(23)25(31)30(16)19-12-20(33-5)15-28-14-19/h6-12,14-15,29H,1H2,2-5H3. The summed E-state index contributed by atoms with van der Waals surface area (Å²) in [4.78, 5) is 19.5. The molecule has 34 heavy (non-hydrogen) atoms. The number of hydrogen-bond acceptors (Lipinski definition) is 6. The van der Waals surface area contributed by atoms with Crippen molar-refractivity contribution in [3.8, 4) is 11.8 Å². The van der Waals surface area contributed by atoms with Crippen LogP contribution in [0.15, 0.2) is 66.3 Å². The van der Waals surface area contributed by atoms with Crippen LogP contribution in [0.1, 0.15) is 47.8 Å². The molecule has 8 heteroatoms. The Hall–Kier alpha value is -3.80. The molecule has 1 N–H and O–H groups in total. The molecule has 0 aliphatic carbocycles. The molecule has 172 valence electrons. The summed E-state index contributed by atoms with van der Waals surface area (Å²) < 4.78 is 21.4. The summed E-state index contributed by atoms with van der Waals surface area (Å²) in [5, 5.41) is 9.62. The molecule has 1 amide bonds. The molecular weight excluding hydrogens is 448 g/mol. The highest BCUT2D eigenvalue weighted by atomic mass is 32.2. The lowest BCUT2D eigenvalue weighted by atomic mass is 9.87. The summed E-state index contributed by atoms with van der Waals surface area (Å²) in [6, 6.07) is 14.5. The molecule has 0 radical (unpaired) electrons. The van der Waals surface area contributed by atoms with Gasteiger partial charge >= 0.3 is 0 Å². The van der Waals surface area contributed by atoms with Crippen molar-refractivity contribution in [3.05, 3.63) is 83.7 Å². The Labute approximate surface area is 202 Å². The minimum absolute atomic E-state index is 0.0159. The van der Waals surface area contributed by atoms with Crippen LogP contribution in [-0.4, -0.2) is 22.6 Å². The number of aromatic nitrogens is 1. The molecule has 0 saturated heterocycles. The van der Waals surface area contributed by atoms with Gasteiger partial charge in [-0.15, -0.1) is 0 Å². The molecule has 1 atom stereocenters. The third kappa shape index (κ3) is 4.12. The van der Waals surface area contributed by atoms with Crippen LogP contribution in [0.5, 0.6) is 5.75 Å². The van der Waals surface area contributed by atoms with E-state index in [4.69, 9.17) is 4.74 Å². The van der Waals surface area contributed by atoms with E-state index in [0.29, 0.717) is 33.3 Å². The summed E-state index contributed by atoms with van der Waals surface area (Å²) in [5.74, 6) is 0.0725. The molecule has 0 spiro atoms. The van der Waals surface area contributed by atoms with Crippen molar-refractivity contribution < 1.29 is 14.1 Å². The highest BCUT2D eigenvalue weighted by molar-refractivity contribution is 7.92. The maximum absolute atomic E-state index is 13.4. The average Bonchev–Trinajstić information content (AvgIpc) is 3.09. The maximum Gasteiger partial charge on any atom is 0.265 e. The topological polar surface area (TPSA) is 101 Å². The molecule has 0 saturated carbocycles. The minimum Gasteiger partial charge on any atom is -0.588 e. The van der Waals surface area contributed by atoms with Crippen LogP contribution in [0, 0.1) is 11.3 Å². The molecule has 1 aliphatic rings. The first kappa shape index (κ1) is 23.4. The van der Waals surface area contributed by atoms with E-state index in [0.717, 1.165) is 5.56 Å². The molecule has 4 rings (SSSR count). The molecule has 0 bridgehead atoms. The molecule has 3 aromatic rings. The average molecular weight is 473 g/mol. The first-order chi connectivity index (χ1) is 16.2. The molecule has 2 heterocycles. The Balaban J connectivity index is 1.71. The monoisotopic (exact) mass is 472 g/mol. The summed E-state index contributed by atoms with van der Waals surface area (Å²) in [7, 11) is 1.51. The van der Waals surface area contributed by atoms with Crippen LogP contribution in [0.2, 0.25) is 0 Å². The number of nitrogens with one attached hydrogen (secondary N) is 1. The maximum atomic E-state index is 13.4. The second kappa shape index (κ2) is 8.86. The van der Waals surface area contributed by atoms with Gasteiger partial charge in [0.15, 0.2) is 4.90 Å². The Morgan fingerprint density at radius 3 is 2.47 bits per heavy atom. The van der Waals surface area contributed by atoms with E-state index in [1.54, 1.807) is 18.2 Å². The fourth-order valence-electron chi connectivity index (χ4n) is 3.80. The van der Waals surface area contributed by atoms with Gasteiger partial charge in [-0.25, -0.2) is 4.72 Å². The highest BCUT2D eigenvalue weighted by Gasteiger charge is 2.38. The molecule has 1 aliphatic heterocycles. The van der Waals surface area contributed by atoms with E-state index < -0.39 is 17.3 Å². The van der Waals surface area contributed by atoms with Crippen LogP contribution in [0.4, 0.5) is 11.4 Å². The van der Waals surface area contributed by atoms with Gasteiger partial charge in [-0.3, -0.25) is 14.7 Å².